The number of hydrogen-bond donors (Lipinski definition) is 3. The van der Waals surface area contributed by atoms with Crippen molar-refractivity contribution in [3.05, 3.63) is 48.0 Å². The van der Waals surface area contributed by atoms with Gasteiger partial charge in [-0.05, 0) is 42.3 Å². The molecule has 0 radical (unpaired) electrons. The summed E-state index contributed by atoms with van der Waals surface area (Å²) in [7, 11) is 1.57. The molecule has 0 fully saturated rings. The molecule has 2 rings (SSSR count). The van der Waals surface area contributed by atoms with Crippen LogP contribution in [0.25, 0.3) is 6.08 Å². The molecule has 0 aliphatic carbocycles. The van der Waals surface area contributed by atoms with Crippen LogP contribution in [0.4, 0.5) is 5.69 Å². The minimum atomic E-state index is -0.435. The fourth-order valence-electron chi connectivity index (χ4n) is 2.42. The largest absolute Gasteiger partial charge is 0.504 e. The van der Waals surface area contributed by atoms with E-state index in [9.17, 15) is 15.0 Å². The first-order valence-electron chi connectivity index (χ1n) is 8.86. The van der Waals surface area contributed by atoms with Crippen LogP contribution in [0.5, 0.6) is 23.0 Å². The Morgan fingerprint density at radius 1 is 1.15 bits per heavy atom. The summed E-state index contributed by atoms with van der Waals surface area (Å²) in [5.74, 6) is 0.163. The van der Waals surface area contributed by atoms with Crippen LogP contribution >= 0.6 is 0 Å². The number of phenolic OH excluding ortho intramolecular Hbond substituents is 2. The molecule has 0 aromatic heterocycles. The molecule has 3 N–H and O–H groups in total. The zero-order valence-electron chi connectivity index (χ0n) is 15.6. The van der Waals surface area contributed by atoms with Gasteiger partial charge in [-0.3, -0.25) is 4.79 Å². The van der Waals surface area contributed by atoms with E-state index < -0.39 is 5.91 Å². The van der Waals surface area contributed by atoms with Crippen molar-refractivity contribution in [2.75, 3.05) is 19.0 Å². The van der Waals surface area contributed by atoms with Crippen LogP contribution < -0.4 is 14.8 Å². The highest BCUT2D eigenvalue weighted by Crippen LogP contribution is 2.32. The standard InChI is InChI=1S/C21H25NO5/c1-3-4-5-13-27-18-11-9-15(14-19(18)26-2)10-12-20(24)22-16-7-6-8-17(23)21(16)25/h6-12,14,23,25H,3-5,13H2,1-2H3,(H,22,24). The van der Waals surface area contributed by atoms with Gasteiger partial charge in [-0.1, -0.05) is 31.9 Å². The maximum Gasteiger partial charge on any atom is 0.248 e. The number of unbranched alkanes of at least 4 members (excludes halogenated alkanes) is 2. The second-order valence-corrected chi connectivity index (χ2v) is 5.96. The number of para-hydroxylation sites is 1. The lowest BCUT2D eigenvalue weighted by Crippen LogP contribution is -2.07. The van der Waals surface area contributed by atoms with Gasteiger partial charge < -0.3 is 25.0 Å². The lowest BCUT2D eigenvalue weighted by molar-refractivity contribution is -0.111. The van der Waals surface area contributed by atoms with E-state index in [4.69, 9.17) is 9.47 Å². The van der Waals surface area contributed by atoms with Gasteiger partial charge in [0.05, 0.1) is 19.4 Å². The number of methoxy groups -OCH3 is 1. The summed E-state index contributed by atoms with van der Waals surface area (Å²) in [6.45, 7) is 2.77. The smallest absolute Gasteiger partial charge is 0.248 e. The highest BCUT2D eigenvalue weighted by atomic mass is 16.5. The second-order valence-electron chi connectivity index (χ2n) is 5.96. The maximum absolute atomic E-state index is 12.0. The Hall–Kier alpha value is -3.15. The highest BCUT2D eigenvalue weighted by Gasteiger charge is 2.08. The Morgan fingerprint density at radius 2 is 1.96 bits per heavy atom. The topological polar surface area (TPSA) is 88.0 Å². The average Bonchev–Trinajstić information content (AvgIpc) is 2.67. The molecule has 0 unspecified atom stereocenters. The van der Waals surface area contributed by atoms with E-state index in [-0.39, 0.29) is 17.2 Å². The minimum Gasteiger partial charge on any atom is -0.504 e. The SMILES string of the molecule is CCCCCOc1ccc(C=CC(=O)Nc2cccc(O)c2O)cc1OC. The zero-order chi connectivity index (χ0) is 19.6. The third-order valence-electron chi connectivity index (χ3n) is 3.89. The van der Waals surface area contributed by atoms with Gasteiger partial charge in [0.1, 0.15) is 0 Å². The van der Waals surface area contributed by atoms with Crippen LogP contribution in [0.2, 0.25) is 0 Å². The van der Waals surface area contributed by atoms with E-state index in [0.717, 1.165) is 24.8 Å². The van der Waals surface area contributed by atoms with Crippen molar-refractivity contribution in [1.82, 2.24) is 0 Å². The van der Waals surface area contributed by atoms with E-state index in [2.05, 4.69) is 12.2 Å². The van der Waals surface area contributed by atoms with Gasteiger partial charge in [0.2, 0.25) is 5.91 Å². The first-order valence-corrected chi connectivity index (χ1v) is 8.86. The van der Waals surface area contributed by atoms with Crippen LogP contribution in [0, 0.1) is 0 Å². The van der Waals surface area contributed by atoms with Gasteiger partial charge in [-0.2, -0.15) is 0 Å². The molecule has 0 saturated heterocycles. The molecule has 144 valence electrons. The normalized spacial score (nSPS) is 10.7. The van der Waals surface area contributed by atoms with Crippen molar-refractivity contribution >= 4 is 17.7 Å². The van der Waals surface area contributed by atoms with Crippen LogP contribution in [0.15, 0.2) is 42.5 Å². The quantitative estimate of drug-likeness (QED) is 0.347. The fraction of sp³-hybridized carbons (Fsp3) is 0.286. The molecule has 6 heteroatoms. The number of nitrogens with one attached hydrogen (secondary N) is 1. The highest BCUT2D eigenvalue weighted by molar-refractivity contribution is 6.03. The molecule has 2 aromatic rings. The van der Waals surface area contributed by atoms with Gasteiger partial charge in [0.15, 0.2) is 23.0 Å². The molecule has 0 heterocycles. The van der Waals surface area contributed by atoms with Crippen LogP contribution in [0.1, 0.15) is 31.7 Å². The molecule has 2 aromatic carbocycles. The Kier molecular flexibility index (Phi) is 7.55. The molecule has 0 aliphatic rings. The number of anilines is 1. The van der Waals surface area contributed by atoms with Gasteiger partial charge in [-0.15, -0.1) is 0 Å². The van der Waals surface area contributed by atoms with Gasteiger partial charge in [0.25, 0.3) is 0 Å². The molecule has 0 saturated carbocycles. The number of rotatable bonds is 9. The summed E-state index contributed by atoms with van der Waals surface area (Å²) in [5.41, 5.74) is 0.904. The number of carbonyl (C=O) groups excluding carboxylic acids is 1. The van der Waals surface area contributed by atoms with Crippen LogP contribution in [-0.4, -0.2) is 29.8 Å². The Balaban J connectivity index is 2.01. The second kappa shape index (κ2) is 10.1. The third-order valence-corrected chi connectivity index (χ3v) is 3.89. The number of carbonyl (C=O) groups is 1. The lowest BCUT2D eigenvalue weighted by atomic mass is 10.2. The van der Waals surface area contributed by atoms with E-state index in [1.165, 1.54) is 24.3 Å². The van der Waals surface area contributed by atoms with Crippen molar-refractivity contribution < 1.29 is 24.5 Å². The van der Waals surface area contributed by atoms with Crippen LogP contribution in [-0.2, 0) is 4.79 Å². The van der Waals surface area contributed by atoms with Crippen molar-refractivity contribution in [2.45, 2.75) is 26.2 Å². The van der Waals surface area contributed by atoms with Crippen molar-refractivity contribution in [3.8, 4) is 23.0 Å². The summed E-state index contributed by atoms with van der Waals surface area (Å²) in [6, 6.07) is 9.77. The maximum atomic E-state index is 12.0. The average molecular weight is 371 g/mol. The Morgan fingerprint density at radius 3 is 2.70 bits per heavy atom. The van der Waals surface area contributed by atoms with Crippen molar-refractivity contribution in [3.63, 3.8) is 0 Å². The van der Waals surface area contributed by atoms with Crippen LogP contribution in [0.3, 0.4) is 0 Å². The third kappa shape index (κ3) is 5.95. The Bertz CT molecular complexity index is 801. The monoisotopic (exact) mass is 371 g/mol. The summed E-state index contributed by atoms with van der Waals surface area (Å²) in [6.07, 6.45) is 6.20. The van der Waals surface area contributed by atoms with Gasteiger partial charge in [-0.25, -0.2) is 0 Å². The lowest BCUT2D eigenvalue weighted by Gasteiger charge is -2.11. The zero-order valence-corrected chi connectivity index (χ0v) is 15.6. The summed E-state index contributed by atoms with van der Waals surface area (Å²) < 4.78 is 11.1. The summed E-state index contributed by atoms with van der Waals surface area (Å²) >= 11 is 0. The molecule has 0 spiro atoms. The number of benzene rings is 2. The molecule has 0 bridgehead atoms. The van der Waals surface area contributed by atoms with Crippen molar-refractivity contribution in [2.24, 2.45) is 0 Å². The van der Waals surface area contributed by atoms with E-state index in [1.54, 1.807) is 19.3 Å². The molecular weight excluding hydrogens is 346 g/mol. The number of phenols is 2. The molecule has 27 heavy (non-hydrogen) atoms. The molecular formula is C21H25NO5. The van der Waals surface area contributed by atoms with Crippen molar-refractivity contribution in [1.29, 1.82) is 0 Å². The van der Waals surface area contributed by atoms with E-state index in [1.807, 2.05) is 12.1 Å². The number of amides is 1. The fourth-order valence-corrected chi connectivity index (χ4v) is 2.42. The molecule has 0 aliphatic heterocycles. The van der Waals surface area contributed by atoms with Gasteiger partial charge >= 0.3 is 0 Å². The Labute approximate surface area is 159 Å². The van der Waals surface area contributed by atoms with Gasteiger partial charge in [0, 0.05) is 6.08 Å². The molecule has 1 amide bonds. The number of hydrogen-bond acceptors (Lipinski definition) is 5. The first-order chi connectivity index (χ1) is 13.0. The van der Waals surface area contributed by atoms with E-state index in [0.29, 0.717) is 18.1 Å². The first kappa shape index (κ1) is 20.2. The summed E-state index contributed by atoms with van der Waals surface area (Å²) in [4.78, 5) is 12.0. The molecule has 6 nitrogen and oxygen atoms in total. The predicted molar refractivity (Wildman–Crippen MR) is 105 cm³/mol. The summed E-state index contributed by atoms with van der Waals surface area (Å²) in [5, 5.41) is 21.7. The predicted octanol–water partition coefficient (Wildman–Crippen LogP) is 4.33. The van der Waals surface area contributed by atoms with E-state index >= 15 is 0 Å². The minimum absolute atomic E-state index is 0.137. The molecule has 0 atom stereocenters. The number of ether oxygens (including phenoxy) is 2. The number of aromatic hydroxyl groups is 2.